The van der Waals surface area contributed by atoms with Gasteiger partial charge in [-0.15, -0.1) is 11.3 Å². The van der Waals surface area contributed by atoms with Gasteiger partial charge in [0.1, 0.15) is 10.6 Å². The molecule has 0 spiro atoms. The molecule has 8 heteroatoms. The van der Waals surface area contributed by atoms with E-state index in [0.29, 0.717) is 32.9 Å². The maximum Gasteiger partial charge on any atom is 0.341 e. The number of nitrogens with zero attached hydrogens (tertiary/aromatic N) is 1. The normalized spacial score (nSPS) is 14.1. The van der Waals surface area contributed by atoms with Crippen molar-refractivity contribution in [3.05, 3.63) is 105 Å². The molecule has 0 fully saturated rings. The summed E-state index contributed by atoms with van der Waals surface area (Å²) in [7, 11) is 1.32. The van der Waals surface area contributed by atoms with Crippen LogP contribution in [0.25, 0.3) is 11.1 Å². The summed E-state index contributed by atoms with van der Waals surface area (Å²) < 4.78 is 5.06. The second-order valence-corrected chi connectivity index (χ2v) is 10.4. The number of methoxy groups -OCH3 is 1. The standard InChI is InChI=1S/C31H24N2O5S/c1-38-31(37)26-25(21-11-10-18-6-2-3-7-20(18)16-21)17-39-28(26)32-27(34)19-12-14-22(15-13-19)33-29(35)23-8-4-5-9-24(23)30(33)36/h4-5,8-17H,2-3,6-7H2,1H3,(H,32,34). The highest BCUT2D eigenvalue weighted by Crippen LogP contribution is 2.38. The fourth-order valence-corrected chi connectivity index (χ4v) is 6.18. The molecule has 1 aliphatic carbocycles. The number of imide groups is 1. The van der Waals surface area contributed by atoms with Gasteiger partial charge in [0.2, 0.25) is 0 Å². The Balaban J connectivity index is 1.25. The molecule has 0 saturated carbocycles. The number of rotatable bonds is 5. The lowest BCUT2D eigenvalue weighted by Crippen LogP contribution is -2.29. The van der Waals surface area contributed by atoms with E-state index in [1.165, 1.54) is 36.0 Å². The minimum absolute atomic E-state index is 0.314. The lowest BCUT2D eigenvalue weighted by Gasteiger charge is -2.17. The Kier molecular flexibility index (Phi) is 6.32. The highest BCUT2D eigenvalue weighted by Gasteiger charge is 2.36. The Hall–Kier alpha value is -4.56. The van der Waals surface area contributed by atoms with Gasteiger partial charge in [0.05, 0.1) is 23.9 Å². The van der Waals surface area contributed by atoms with Crippen molar-refractivity contribution < 1.29 is 23.9 Å². The van der Waals surface area contributed by atoms with Crippen molar-refractivity contribution in [1.29, 1.82) is 0 Å². The number of hydrogen-bond donors (Lipinski definition) is 1. The van der Waals surface area contributed by atoms with E-state index >= 15 is 0 Å². The number of thiophene rings is 1. The number of aryl methyl sites for hydroxylation is 2. The van der Waals surface area contributed by atoms with E-state index in [1.807, 2.05) is 11.4 Å². The average molecular weight is 537 g/mol. The molecule has 39 heavy (non-hydrogen) atoms. The van der Waals surface area contributed by atoms with Crippen LogP contribution in [0.2, 0.25) is 0 Å². The van der Waals surface area contributed by atoms with Gasteiger partial charge in [-0.25, -0.2) is 9.69 Å². The van der Waals surface area contributed by atoms with Crippen LogP contribution in [0.15, 0.2) is 72.1 Å². The van der Waals surface area contributed by atoms with Gasteiger partial charge in [0.15, 0.2) is 0 Å². The quantitative estimate of drug-likeness (QED) is 0.245. The molecule has 1 aromatic heterocycles. The summed E-state index contributed by atoms with van der Waals surface area (Å²) in [6, 6.07) is 19.1. The third-order valence-corrected chi connectivity index (χ3v) is 8.14. The number of carbonyl (C=O) groups is 4. The van der Waals surface area contributed by atoms with E-state index in [4.69, 9.17) is 4.74 Å². The summed E-state index contributed by atoms with van der Waals surface area (Å²) in [5, 5.41) is 5.10. The van der Waals surface area contributed by atoms with E-state index < -0.39 is 23.7 Å². The topological polar surface area (TPSA) is 92.8 Å². The smallest absolute Gasteiger partial charge is 0.341 e. The van der Waals surface area contributed by atoms with Gasteiger partial charge >= 0.3 is 5.97 Å². The third-order valence-electron chi connectivity index (χ3n) is 7.25. The van der Waals surface area contributed by atoms with Crippen molar-refractivity contribution >= 4 is 45.7 Å². The molecule has 2 aliphatic rings. The molecule has 4 aromatic rings. The molecule has 7 nitrogen and oxygen atoms in total. The van der Waals surface area contributed by atoms with Crippen molar-refractivity contribution in [3.63, 3.8) is 0 Å². The van der Waals surface area contributed by atoms with Crippen LogP contribution in [0.5, 0.6) is 0 Å². The molecule has 1 N–H and O–H groups in total. The third kappa shape index (κ3) is 4.32. The Morgan fingerprint density at radius 1 is 0.846 bits per heavy atom. The van der Waals surface area contributed by atoms with Crippen LogP contribution in [-0.4, -0.2) is 30.8 Å². The number of fused-ring (bicyclic) bond motifs is 2. The number of nitrogens with one attached hydrogen (secondary N) is 1. The molecule has 0 atom stereocenters. The van der Waals surface area contributed by atoms with Crippen LogP contribution >= 0.6 is 11.3 Å². The van der Waals surface area contributed by atoms with Crippen LogP contribution in [-0.2, 0) is 17.6 Å². The molecular formula is C31H24N2O5S. The largest absolute Gasteiger partial charge is 0.465 e. The molecule has 6 rings (SSSR count). The molecule has 0 bridgehead atoms. The van der Waals surface area contributed by atoms with Crippen molar-refractivity contribution in [2.45, 2.75) is 25.7 Å². The number of amides is 3. The first-order valence-electron chi connectivity index (χ1n) is 12.7. The average Bonchev–Trinajstić information content (AvgIpc) is 3.50. The highest BCUT2D eigenvalue weighted by atomic mass is 32.1. The van der Waals surface area contributed by atoms with E-state index in [9.17, 15) is 19.2 Å². The lowest BCUT2D eigenvalue weighted by atomic mass is 9.89. The molecule has 1 aliphatic heterocycles. The summed E-state index contributed by atoms with van der Waals surface area (Å²) in [5.41, 5.74) is 5.99. The number of carbonyl (C=O) groups excluding carboxylic acids is 4. The Morgan fingerprint density at radius 2 is 1.51 bits per heavy atom. The predicted molar refractivity (Wildman–Crippen MR) is 150 cm³/mol. The van der Waals surface area contributed by atoms with Crippen LogP contribution in [0.3, 0.4) is 0 Å². The number of benzene rings is 3. The second-order valence-electron chi connectivity index (χ2n) is 9.53. The summed E-state index contributed by atoms with van der Waals surface area (Å²) in [6.45, 7) is 0. The SMILES string of the molecule is COC(=O)c1c(-c2ccc3c(c2)CCCC3)csc1NC(=O)c1ccc(N2C(=O)c3ccccc3C2=O)cc1. The zero-order chi connectivity index (χ0) is 27.1. The van der Waals surface area contributed by atoms with Crippen LogP contribution < -0.4 is 10.2 Å². The van der Waals surface area contributed by atoms with Crippen LogP contribution in [0.4, 0.5) is 10.7 Å². The van der Waals surface area contributed by atoms with Gasteiger partial charge in [0, 0.05) is 16.5 Å². The van der Waals surface area contributed by atoms with E-state index in [2.05, 4.69) is 17.4 Å². The summed E-state index contributed by atoms with van der Waals surface area (Å²) >= 11 is 1.26. The summed E-state index contributed by atoms with van der Waals surface area (Å²) in [6.07, 6.45) is 4.42. The van der Waals surface area contributed by atoms with Crippen molar-refractivity contribution in [2.75, 3.05) is 17.3 Å². The van der Waals surface area contributed by atoms with Gasteiger partial charge < -0.3 is 10.1 Å². The first-order valence-corrected chi connectivity index (χ1v) is 13.6. The van der Waals surface area contributed by atoms with Gasteiger partial charge in [-0.1, -0.05) is 30.3 Å². The Morgan fingerprint density at radius 3 is 2.18 bits per heavy atom. The Labute approximate surface area is 229 Å². The van der Waals surface area contributed by atoms with Crippen molar-refractivity contribution in [3.8, 4) is 11.1 Å². The van der Waals surface area contributed by atoms with E-state index in [0.717, 1.165) is 35.3 Å². The van der Waals surface area contributed by atoms with E-state index in [-0.39, 0.29) is 0 Å². The van der Waals surface area contributed by atoms with Gasteiger partial charge in [-0.05, 0) is 78.8 Å². The number of hydrogen-bond acceptors (Lipinski definition) is 6. The molecule has 2 heterocycles. The minimum Gasteiger partial charge on any atom is -0.465 e. The van der Waals surface area contributed by atoms with Crippen molar-refractivity contribution in [1.82, 2.24) is 0 Å². The predicted octanol–water partition coefficient (Wildman–Crippen LogP) is 6.13. The second kappa shape index (κ2) is 9.96. The maximum atomic E-state index is 13.2. The lowest BCUT2D eigenvalue weighted by molar-refractivity contribution is 0.0603. The summed E-state index contributed by atoms with van der Waals surface area (Å²) in [4.78, 5) is 52.6. The maximum absolute atomic E-state index is 13.2. The molecule has 0 unspecified atom stereocenters. The van der Waals surface area contributed by atoms with Crippen molar-refractivity contribution in [2.24, 2.45) is 0 Å². The fourth-order valence-electron chi connectivity index (χ4n) is 5.23. The first-order chi connectivity index (χ1) is 19.0. The van der Waals surface area contributed by atoms with Crippen LogP contribution in [0, 0.1) is 0 Å². The molecule has 0 saturated heterocycles. The zero-order valence-corrected chi connectivity index (χ0v) is 22.0. The molecule has 194 valence electrons. The molecular weight excluding hydrogens is 512 g/mol. The molecule has 3 amide bonds. The van der Waals surface area contributed by atoms with Crippen LogP contribution in [0.1, 0.15) is 65.4 Å². The molecule has 3 aromatic carbocycles. The van der Waals surface area contributed by atoms with Gasteiger partial charge in [0.25, 0.3) is 17.7 Å². The number of anilines is 2. The number of ether oxygens (including phenoxy) is 1. The number of esters is 1. The first kappa shape index (κ1) is 24.8. The minimum atomic E-state index is -0.528. The monoisotopic (exact) mass is 536 g/mol. The summed E-state index contributed by atoms with van der Waals surface area (Å²) in [5.74, 6) is -1.75. The Bertz CT molecular complexity index is 1620. The molecule has 0 radical (unpaired) electrons. The zero-order valence-electron chi connectivity index (χ0n) is 21.2. The highest BCUT2D eigenvalue weighted by molar-refractivity contribution is 7.15. The van der Waals surface area contributed by atoms with Gasteiger partial charge in [-0.2, -0.15) is 0 Å². The van der Waals surface area contributed by atoms with E-state index in [1.54, 1.807) is 48.5 Å². The fraction of sp³-hybridized carbons (Fsp3) is 0.161. The van der Waals surface area contributed by atoms with Gasteiger partial charge in [-0.3, -0.25) is 14.4 Å².